The monoisotopic (exact) mass is 443 g/mol. The number of nitrogens with zero attached hydrogens (tertiary/aromatic N) is 5. The van der Waals surface area contributed by atoms with E-state index in [1.165, 1.54) is 19.2 Å². The first-order valence-electron chi connectivity index (χ1n) is 9.96. The third-order valence-corrected chi connectivity index (χ3v) is 5.36. The van der Waals surface area contributed by atoms with Crippen LogP contribution in [0.25, 0.3) is 0 Å². The largest absolute Gasteiger partial charge is 0.491 e. The van der Waals surface area contributed by atoms with Gasteiger partial charge in [-0.25, -0.2) is 13.8 Å². The van der Waals surface area contributed by atoms with E-state index in [9.17, 15) is 13.6 Å². The molecule has 1 amide bonds. The van der Waals surface area contributed by atoms with Crippen molar-refractivity contribution in [2.24, 2.45) is 0 Å². The minimum atomic E-state index is -0.757. The van der Waals surface area contributed by atoms with Gasteiger partial charge in [-0.3, -0.25) is 9.48 Å². The van der Waals surface area contributed by atoms with Gasteiger partial charge < -0.3 is 20.3 Å². The molecule has 3 aromatic rings. The zero-order valence-corrected chi connectivity index (χ0v) is 18.1. The van der Waals surface area contributed by atoms with E-state index in [1.807, 2.05) is 7.05 Å². The summed E-state index contributed by atoms with van der Waals surface area (Å²) in [5.74, 6) is -0.954. The number of methoxy groups -OCH3 is 1. The Balaban J connectivity index is 1.45. The second-order valence-electron chi connectivity index (χ2n) is 7.60. The second kappa shape index (κ2) is 8.40. The molecule has 1 aliphatic rings. The molecule has 1 atom stereocenters. The topological polar surface area (TPSA) is 97.2 Å². The number of hydrogen-bond donors (Lipinski definition) is 2. The number of halogens is 2. The van der Waals surface area contributed by atoms with Crippen molar-refractivity contribution >= 4 is 23.4 Å². The first-order valence-corrected chi connectivity index (χ1v) is 9.96. The van der Waals surface area contributed by atoms with Gasteiger partial charge in [0, 0.05) is 25.4 Å². The van der Waals surface area contributed by atoms with Gasteiger partial charge in [0.2, 0.25) is 11.9 Å². The number of aromatic nitrogens is 4. The Morgan fingerprint density at radius 2 is 1.94 bits per heavy atom. The van der Waals surface area contributed by atoms with Gasteiger partial charge in [-0.05, 0) is 31.5 Å². The molecule has 11 heteroatoms. The lowest BCUT2D eigenvalue weighted by molar-refractivity contribution is -0.117. The predicted molar refractivity (Wildman–Crippen MR) is 115 cm³/mol. The Morgan fingerprint density at radius 1 is 1.22 bits per heavy atom. The number of hydrogen-bond acceptors (Lipinski definition) is 7. The van der Waals surface area contributed by atoms with Crippen LogP contribution in [0.3, 0.4) is 0 Å². The number of anilines is 3. The number of carbonyl (C=O) groups excluding carboxylic acids is 1. The van der Waals surface area contributed by atoms with Gasteiger partial charge in [-0.2, -0.15) is 10.1 Å². The Labute approximate surface area is 183 Å². The maximum atomic E-state index is 13.9. The third-order valence-electron chi connectivity index (χ3n) is 5.36. The fraction of sp³-hybridized carbons (Fsp3) is 0.333. The number of likely N-dealkylation sites (N-methyl/N-ethyl adjacent to an activating group) is 1. The summed E-state index contributed by atoms with van der Waals surface area (Å²) < 4.78 is 34.1. The number of fused-ring (bicyclic) bond motifs is 1. The third kappa shape index (κ3) is 4.05. The van der Waals surface area contributed by atoms with Gasteiger partial charge in [0.1, 0.15) is 11.7 Å². The molecule has 1 aliphatic heterocycles. The van der Waals surface area contributed by atoms with E-state index < -0.39 is 17.4 Å². The van der Waals surface area contributed by atoms with Crippen LogP contribution in [-0.2, 0) is 17.9 Å². The van der Waals surface area contributed by atoms with Crippen molar-refractivity contribution in [2.75, 3.05) is 29.7 Å². The average molecular weight is 443 g/mol. The van der Waals surface area contributed by atoms with Crippen LogP contribution in [-0.4, -0.2) is 45.9 Å². The van der Waals surface area contributed by atoms with E-state index in [0.29, 0.717) is 35.3 Å². The van der Waals surface area contributed by atoms with Gasteiger partial charge in [0.15, 0.2) is 23.2 Å². The second-order valence-corrected chi connectivity index (χ2v) is 7.60. The van der Waals surface area contributed by atoms with Gasteiger partial charge in [-0.1, -0.05) is 0 Å². The first kappa shape index (κ1) is 21.5. The highest BCUT2D eigenvalue weighted by atomic mass is 19.1. The van der Waals surface area contributed by atoms with Crippen molar-refractivity contribution in [3.05, 3.63) is 53.0 Å². The van der Waals surface area contributed by atoms with E-state index in [2.05, 4.69) is 25.7 Å². The van der Waals surface area contributed by atoms with Gasteiger partial charge >= 0.3 is 0 Å². The van der Waals surface area contributed by atoms with Gasteiger partial charge in [0.25, 0.3) is 0 Å². The van der Waals surface area contributed by atoms with Crippen LogP contribution < -0.4 is 20.3 Å². The molecule has 3 heterocycles. The summed E-state index contributed by atoms with van der Waals surface area (Å²) in [5, 5.41) is 10.2. The summed E-state index contributed by atoms with van der Waals surface area (Å²) in [6.07, 6.45) is 3.43. The molecule has 2 aromatic heterocycles. The smallest absolute Gasteiger partial charge is 0.246 e. The van der Waals surface area contributed by atoms with E-state index in [0.717, 1.165) is 5.56 Å². The minimum Gasteiger partial charge on any atom is -0.491 e. The number of ether oxygens (including phenoxy) is 1. The molecule has 32 heavy (non-hydrogen) atoms. The summed E-state index contributed by atoms with van der Waals surface area (Å²) in [7, 11) is 3.03. The zero-order chi connectivity index (χ0) is 23.0. The lowest BCUT2D eigenvalue weighted by Crippen LogP contribution is -2.44. The molecule has 0 radical (unpaired) electrons. The number of nitrogens with one attached hydrogen (secondary N) is 2. The molecule has 0 bridgehead atoms. The highest BCUT2D eigenvalue weighted by molar-refractivity contribution is 6.03. The minimum absolute atomic E-state index is 0.101. The quantitative estimate of drug-likeness (QED) is 0.605. The fourth-order valence-electron chi connectivity index (χ4n) is 3.48. The SMILES string of the molecule is COc1c(F)cc(Cn2cc(CNc3nc(C)c4c(n3)N(C)[C@@H](C)C(=O)N4)cn2)cc1F. The Morgan fingerprint density at radius 3 is 2.62 bits per heavy atom. The van der Waals surface area contributed by atoms with Crippen LogP contribution in [0, 0.1) is 18.6 Å². The van der Waals surface area contributed by atoms with E-state index in [4.69, 9.17) is 4.74 Å². The van der Waals surface area contributed by atoms with E-state index >= 15 is 0 Å². The lowest BCUT2D eigenvalue weighted by atomic mass is 10.2. The maximum Gasteiger partial charge on any atom is 0.246 e. The van der Waals surface area contributed by atoms with Crippen LogP contribution in [0.1, 0.15) is 23.7 Å². The Kier molecular flexibility index (Phi) is 5.64. The molecule has 0 saturated carbocycles. The zero-order valence-electron chi connectivity index (χ0n) is 18.1. The van der Waals surface area contributed by atoms with Crippen molar-refractivity contribution in [2.45, 2.75) is 33.0 Å². The number of benzene rings is 1. The fourth-order valence-corrected chi connectivity index (χ4v) is 3.48. The summed E-state index contributed by atoms with van der Waals surface area (Å²) in [6.45, 7) is 4.21. The number of rotatable bonds is 6. The van der Waals surface area contributed by atoms with Crippen LogP contribution in [0.4, 0.5) is 26.2 Å². The Bertz CT molecular complexity index is 1160. The van der Waals surface area contributed by atoms with Crippen molar-refractivity contribution in [1.82, 2.24) is 19.7 Å². The molecule has 168 valence electrons. The van der Waals surface area contributed by atoms with Crippen LogP contribution >= 0.6 is 0 Å². The highest BCUT2D eigenvalue weighted by Crippen LogP contribution is 2.32. The summed E-state index contributed by atoms with van der Waals surface area (Å²) >= 11 is 0. The first-order chi connectivity index (χ1) is 15.3. The van der Waals surface area contributed by atoms with Crippen molar-refractivity contribution in [3.8, 4) is 5.75 Å². The molecule has 0 saturated heterocycles. The van der Waals surface area contributed by atoms with Crippen molar-refractivity contribution in [1.29, 1.82) is 0 Å². The molecule has 0 aliphatic carbocycles. The van der Waals surface area contributed by atoms with E-state index in [1.54, 1.807) is 35.8 Å². The molecule has 0 spiro atoms. The van der Waals surface area contributed by atoms with Crippen LogP contribution in [0.15, 0.2) is 24.5 Å². The normalized spacial score (nSPS) is 15.4. The number of carbonyl (C=O) groups is 1. The standard InChI is InChI=1S/C21H23F2N7O2/c1-11-17-19(29(3)12(2)20(31)27-17)28-21(26-11)24-7-14-8-25-30(10-14)9-13-5-15(22)18(32-4)16(23)6-13/h5-6,8,10,12H,7,9H2,1-4H3,(H,27,31)(H,24,26,28)/t12-/m0/s1. The molecule has 4 rings (SSSR count). The maximum absolute atomic E-state index is 13.9. The summed E-state index contributed by atoms with van der Waals surface area (Å²) in [6, 6.07) is 2.11. The molecule has 2 N–H and O–H groups in total. The number of amides is 1. The lowest BCUT2D eigenvalue weighted by Gasteiger charge is -2.32. The Hall–Kier alpha value is -3.76. The molecular weight excluding hydrogens is 420 g/mol. The molecule has 1 aromatic carbocycles. The van der Waals surface area contributed by atoms with Crippen molar-refractivity contribution < 1.29 is 18.3 Å². The molecular formula is C21H23F2N7O2. The summed E-state index contributed by atoms with van der Waals surface area (Å²) in [4.78, 5) is 22.8. The highest BCUT2D eigenvalue weighted by Gasteiger charge is 2.30. The van der Waals surface area contributed by atoms with E-state index in [-0.39, 0.29) is 18.5 Å². The average Bonchev–Trinajstić information content (AvgIpc) is 3.18. The van der Waals surface area contributed by atoms with Crippen LogP contribution in [0.2, 0.25) is 0 Å². The van der Waals surface area contributed by atoms with Gasteiger partial charge in [-0.15, -0.1) is 0 Å². The molecule has 0 unspecified atom stereocenters. The van der Waals surface area contributed by atoms with Crippen molar-refractivity contribution in [3.63, 3.8) is 0 Å². The molecule has 0 fully saturated rings. The predicted octanol–water partition coefficient (Wildman–Crippen LogP) is 2.71. The van der Waals surface area contributed by atoms with Crippen LogP contribution in [0.5, 0.6) is 5.75 Å². The van der Waals surface area contributed by atoms with Gasteiger partial charge in [0.05, 0.1) is 25.5 Å². The summed E-state index contributed by atoms with van der Waals surface area (Å²) in [5.41, 5.74) is 2.53. The molecule has 9 nitrogen and oxygen atoms in total. The number of aryl methyl sites for hydroxylation is 1.